The van der Waals surface area contributed by atoms with Gasteiger partial charge in [0.25, 0.3) is 0 Å². The molecule has 9 rings (SSSR count). The number of amides is 1. The molecule has 1 saturated carbocycles. The molecule has 13 heteroatoms. The van der Waals surface area contributed by atoms with Crippen LogP contribution in [0.2, 0.25) is 5.02 Å². The zero-order chi connectivity index (χ0) is 32.9. The van der Waals surface area contributed by atoms with Crippen LogP contribution < -0.4 is 15.8 Å². The van der Waals surface area contributed by atoms with Gasteiger partial charge in [-0.05, 0) is 88.2 Å². The molecule has 2 N–H and O–H groups in total. The number of hydrogen-bond acceptors (Lipinski definition) is 10. The highest BCUT2D eigenvalue weighted by Crippen LogP contribution is 2.52. The quantitative estimate of drug-likeness (QED) is 0.474. The Morgan fingerprint density at radius 2 is 2.02 bits per heavy atom. The second kappa shape index (κ2) is 12.8. The lowest BCUT2D eigenvalue weighted by Crippen LogP contribution is -2.45. The molecule has 1 aromatic carbocycles. The SMILES string of the molecule is C=N/C1=c2/cn/c(c(F)c2NCC23CCCN2CCC3)=c2\c(c(Cl)cc3c2=CN=N3)C2CC2CCOC(=O)N(C)C2CCN1C2.CO. The summed E-state index contributed by atoms with van der Waals surface area (Å²) in [5.41, 5.74) is 1.84. The molecule has 0 radical (unpaired) electrons. The van der Waals surface area contributed by atoms with Gasteiger partial charge in [-0.25, -0.2) is 14.2 Å². The lowest BCUT2D eigenvalue weighted by Gasteiger charge is -2.33. The van der Waals surface area contributed by atoms with E-state index in [1.165, 1.54) is 0 Å². The van der Waals surface area contributed by atoms with Crippen molar-refractivity contribution in [2.45, 2.75) is 62.4 Å². The van der Waals surface area contributed by atoms with Gasteiger partial charge in [-0.3, -0.25) is 9.88 Å². The molecular weight excluding hydrogens is 623 g/mol. The summed E-state index contributed by atoms with van der Waals surface area (Å²) in [5.74, 6) is 0.447. The number of ether oxygens (including phenoxy) is 1. The lowest BCUT2D eigenvalue weighted by atomic mass is 9.94. The Balaban J connectivity index is 0.00000172. The van der Waals surface area contributed by atoms with Crippen LogP contribution in [0.4, 0.5) is 20.6 Å². The molecule has 1 aliphatic carbocycles. The van der Waals surface area contributed by atoms with Crippen LogP contribution in [0.5, 0.6) is 0 Å². The Morgan fingerprint density at radius 1 is 1.23 bits per heavy atom. The number of anilines is 1. The molecule has 11 nitrogen and oxygen atoms in total. The van der Waals surface area contributed by atoms with Crippen molar-refractivity contribution in [2.24, 2.45) is 21.1 Å². The average Bonchev–Trinajstić information content (AvgIpc) is 3.54. The van der Waals surface area contributed by atoms with Gasteiger partial charge >= 0.3 is 6.09 Å². The molecule has 1 amide bonds. The number of nitrogens with one attached hydrogen (secondary N) is 1. The number of carbonyl (C=O) groups excluding carboxylic acids is 1. The Hall–Kier alpha value is -3.61. The van der Waals surface area contributed by atoms with Crippen molar-refractivity contribution >= 4 is 47.8 Å². The second-order valence-electron chi connectivity index (χ2n) is 13.4. The number of fused-ring (bicyclic) bond motifs is 8. The second-order valence-corrected chi connectivity index (χ2v) is 13.8. The summed E-state index contributed by atoms with van der Waals surface area (Å²) in [6.07, 6.45) is 9.85. The summed E-state index contributed by atoms with van der Waals surface area (Å²) >= 11 is 6.95. The normalized spacial score (nSPS) is 27.5. The van der Waals surface area contributed by atoms with Crippen molar-refractivity contribution in [3.63, 3.8) is 0 Å². The van der Waals surface area contributed by atoms with Crippen LogP contribution in [0, 0.1) is 22.3 Å². The molecule has 1 aromatic heterocycles. The van der Waals surface area contributed by atoms with Crippen LogP contribution in [0.3, 0.4) is 0 Å². The average molecular weight is 665 g/mol. The first kappa shape index (κ1) is 32.0. The van der Waals surface area contributed by atoms with Gasteiger partial charge in [-0.15, -0.1) is 0 Å². The Labute approximate surface area is 278 Å². The number of pyridine rings is 1. The molecule has 3 saturated heterocycles. The summed E-state index contributed by atoms with van der Waals surface area (Å²) in [5, 5.41) is 21.7. The van der Waals surface area contributed by atoms with Crippen LogP contribution in [0.15, 0.2) is 27.5 Å². The zero-order valence-electron chi connectivity index (χ0n) is 27.0. The van der Waals surface area contributed by atoms with E-state index in [4.69, 9.17) is 26.4 Å². The number of aliphatic hydroxyl groups excluding tert-OH is 1. The van der Waals surface area contributed by atoms with Crippen LogP contribution in [0.1, 0.15) is 56.4 Å². The van der Waals surface area contributed by atoms with E-state index in [-0.39, 0.29) is 34.9 Å². The van der Waals surface area contributed by atoms with E-state index in [9.17, 15) is 4.79 Å². The van der Waals surface area contributed by atoms with Gasteiger partial charge in [-0.2, -0.15) is 10.2 Å². The standard InChI is InChI=1S/C33H38ClFN8O2.CH4O/c1-36-31-23-15-37-30(28(35)29(23)38-18-33-7-3-9-43(33)10-4-8-33)27-22-16-39-40-25(22)14-24(34)26(27)21-13-19(21)6-12-45-32(44)41(2)20-5-11-42(31)17-20;1-2/h14-16,19-21,38H,1,3-13,17-18H2,2H3;2H,1H3/b30-27-,31-23+;. The summed E-state index contributed by atoms with van der Waals surface area (Å²) in [7, 11) is 2.78. The third kappa shape index (κ3) is 5.47. The minimum atomic E-state index is -0.438. The van der Waals surface area contributed by atoms with Crippen LogP contribution in [-0.2, 0) is 4.74 Å². The predicted molar refractivity (Wildman–Crippen MR) is 178 cm³/mol. The third-order valence-electron chi connectivity index (χ3n) is 11.0. The molecule has 3 unspecified atom stereocenters. The van der Waals surface area contributed by atoms with E-state index in [1.54, 1.807) is 24.3 Å². The monoisotopic (exact) mass is 664 g/mol. The van der Waals surface area contributed by atoms with Crippen molar-refractivity contribution in [3.05, 3.63) is 49.7 Å². The molecule has 47 heavy (non-hydrogen) atoms. The molecule has 250 valence electrons. The highest BCUT2D eigenvalue weighted by Gasteiger charge is 2.44. The molecule has 4 fully saturated rings. The maximum absolute atomic E-state index is 17.4. The number of azo groups is 1. The molecule has 0 spiro atoms. The maximum atomic E-state index is 17.4. The lowest BCUT2D eigenvalue weighted by molar-refractivity contribution is 0.0960. The number of hydrogen-bond donors (Lipinski definition) is 2. The fraction of sp³-hybridized carbons (Fsp3) is 0.559. The fourth-order valence-corrected chi connectivity index (χ4v) is 8.83. The van der Waals surface area contributed by atoms with Crippen molar-refractivity contribution in [3.8, 4) is 0 Å². The number of aliphatic hydroxyl groups is 1. The Morgan fingerprint density at radius 3 is 2.79 bits per heavy atom. The largest absolute Gasteiger partial charge is 0.449 e. The van der Waals surface area contributed by atoms with E-state index >= 15 is 4.39 Å². The van der Waals surface area contributed by atoms with Crippen molar-refractivity contribution in [1.29, 1.82) is 0 Å². The van der Waals surface area contributed by atoms with Gasteiger partial charge in [0.1, 0.15) is 11.2 Å². The van der Waals surface area contributed by atoms with E-state index in [0.717, 1.165) is 69.5 Å². The number of likely N-dealkylation sites (N-methyl/N-ethyl adjacent to an activating group) is 1. The third-order valence-corrected chi connectivity index (χ3v) is 11.4. The first-order chi connectivity index (χ1) is 22.9. The molecular formula is C34H42ClFN8O3. The smallest absolute Gasteiger partial charge is 0.409 e. The first-order valence-electron chi connectivity index (χ1n) is 16.6. The number of carbonyl (C=O) groups is 1. The molecule has 7 heterocycles. The minimum absolute atomic E-state index is 0.0151. The summed E-state index contributed by atoms with van der Waals surface area (Å²) < 4.78 is 23.1. The van der Waals surface area contributed by atoms with Gasteiger partial charge in [0.05, 0.1) is 35.4 Å². The van der Waals surface area contributed by atoms with Crippen LogP contribution >= 0.6 is 11.6 Å². The first-order valence-corrected chi connectivity index (χ1v) is 17.0. The highest BCUT2D eigenvalue weighted by molar-refractivity contribution is 6.31. The number of aromatic nitrogens is 1. The summed E-state index contributed by atoms with van der Waals surface area (Å²) in [6, 6.07) is 1.75. The van der Waals surface area contributed by atoms with Crippen LogP contribution in [-0.4, -0.2) is 103 Å². The Kier molecular flexibility index (Phi) is 8.69. The predicted octanol–water partition coefficient (Wildman–Crippen LogP) is 4.06. The van der Waals surface area contributed by atoms with Gasteiger partial charge < -0.3 is 25.0 Å². The number of benzene rings is 1. The minimum Gasteiger partial charge on any atom is -0.449 e. The van der Waals surface area contributed by atoms with Crippen molar-refractivity contribution in [1.82, 2.24) is 19.7 Å². The number of halogens is 2. The van der Waals surface area contributed by atoms with E-state index in [0.29, 0.717) is 65.3 Å². The fourth-order valence-electron chi connectivity index (χ4n) is 8.49. The highest BCUT2D eigenvalue weighted by atomic mass is 35.5. The van der Waals surface area contributed by atoms with E-state index in [2.05, 4.69) is 37.1 Å². The van der Waals surface area contributed by atoms with Gasteiger partial charge in [0.15, 0.2) is 5.82 Å². The van der Waals surface area contributed by atoms with Gasteiger partial charge in [0, 0.05) is 61.0 Å². The van der Waals surface area contributed by atoms with Crippen molar-refractivity contribution in [2.75, 3.05) is 58.8 Å². The molecule has 7 aliphatic rings. The van der Waals surface area contributed by atoms with Crippen molar-refractivity contribution < 1.29 is 19.0 Å². The molecule has 2 aromatic rings. The number of rotatable bonds is 4. The molecule has 3 atom stereocenters. The summed E-state index contributed by atoms with van der Waals surface area (Å²) in [6.45, 7) is 8.19. The van der Waals surface area contributed by atoms with Crippen LogP contribution in [0.25, 0.3) is 12.0 Å². The zero-order valence-corrected chi connectivity index (χ0v) is 27.8. The summed E-state index contributed by atoms with van der Waals surface area (Å²) in [4.78, 5) is 28.6. The van der Waals surface area contributed by atoms with E-state index < -0.39 is 5.82 Å². The van der Waals surface area contributed by atoms with E-state index in [1.807, 2.05) is 6.07 Å². The Bertz CT molecular complexity index is 1840. The van der Waals surface area contributed by atoms with Gasteiger partial charge in [0.2, 0.25) is 0 Å². The number of nitrogens with zero attached hydrogens (tertiary/aromatic N) is 7. The number of aliphatic imine (C=N–C) groups is 1. The topological polar surface area (TPSA) is 118 Å². The molecule has 4 bridgehead atoms. The van der Waals surface area contributed by atoms with Gasteiger partial charge in [-0.1, -0.05) is 11.6 Å². The maximum Gasteiger partial charge on any atom is 0.409 e. The molecule has 6 aliphatic heterocycles.